The molecule has 1 aliphatic rings. The summed E-state index contributed by atoms with van der Waals surface area (Å²) >= 11 is 0. The predicted octanol–water partition coefficient (Wildman–Crippen LogP) is 1.97. The fraction of sp³-hybridized carbons (Fsp3) is 0.333. The zero-order valence-corrected chi connectivity index (χ0v) is 14.8. The second kappa shape index (κ2) is 6.84. The smallest absolute Gasteiger partial charge is 0.251 e. The Morgan fingerprint density at radius 2 is 2.04 bits per heavy atom. The number of nitrogens with zero attached hydrogens (tertiary/aromatic N) is 1. The summed E-state index contributed by atoms with van der Waals surface area (Å²) in [5, 5.41) is 2.84. The molecular formula is C18H20N2O4S. The van der Waals surface area contributed by atoms with Gasteiger partial charge in [0.1, 0.15) is 12.4 Å². The molecule has 1 N–H and O–H groups in total. The molecule has 0 spiro atoms. The lowest BCUT2D eigenvalue weighted by molar-refractivity contribution is 0.0915. The van der Waals surface area contributed by atoms with Crippen LogP contribution < -0.4 is 10.1 Å². The third-order valence-electron chi connectivity index (χ3n) is 4.16. The fourth-order valence-electron chi connectivity index (χ4n) is 2.81. The van der Waals surface area contributed by atoms with Gasteiger partial charge in [0.25, 0.3) is 5.91 Å². The summed E-state index contributed by atoms with van der Waals surface area (Å²) in [7, 11) is -3.06. The number of carbonyl (C=O) groups excluding carboxylic acids is 1. The molecule has 3 rings (SSSR count). The van der Waals surface area contributed by atoms with Crippen LogP contribution in [0.2, 0.25) is 0 Å². The minimum Gasteiger partial charge on any atom is -0.489 e. The third kappa shape index (κ3) is 4.57. The van der Waals surface area contributed by atoms with Gasteiger partial charge < -0.3 is 10.1 Å². The largest absolute Gasteiger partial charge is 0.489 e. The number of pyridine rings is 1. The van der Waals surface area contributed by atoms with Crippen molar-refractivity contribution < 1.29 is 17.9 Å². The molecule has 1 saturated heterocycles. The molecule has 132 valence electrons. The first-order valence-corrected chi connectivity index (χ1v) is 9.82. The standard InChI is InChI=1S/C18H20N2O4S/c1-18(8-10-25(22,23)13-18)20-17(21)15-4-6-16(7-5-15)24-12-14-3-2-9-19-11-14/h2-7,9,11H,8,10,12-13H2,1H3,(H,20,21)/t18-/m0/s1. The van der Waals surface area contributed by atoms with Crippen LogP contribution in [0.1, 0.15) is 29.3 Å². The quantitative estimate of drug-likeness (QED) is 0.881. The molecule has 1 fully saturated rings. The second-order valence-electron chi connectivity index (χ2n) is 6.53. The lowest BCUT2D eigenvalue weighted by Gasteiger charge is -2.23. The molecule has 7 heteroatoms. The average molecular weight is 360 g/mol. The van der Waals surface area contributed by atoms with Gasteiger partial charge >= 0.3 is 0 Å². The summed E-state index contributed by atoms with van der Waals surface area (Å²) in [6.07, 6.45) is 3.87. The maximum atomic E-state index is 12.4. The number of hydrogen-bond acceptors (Lipinski definition) is 5. The monoisotopic (exact) mass is 360 g/mol. The van der Waals surface area contributed by atoms with E-state index in [1.807, 2.05) is 12.1 Å². The van der Waals surface area contributed by atoms with Crippen molar-refractivity contribution in [2.75, 3.05) is 11.5 Å². The van der Waals surface area contributed by atoms with E-state index in [0.717, 1.165) is 5.56 Å². The first-order valence-electron chi connectivity index (χ1n) is 8.00. The highest BCUT2D eigenvalue weighted by atomic mass is 32.2. The van der Waals surface area contributed by atoms with Crippen LogP contribution in [0.3, 0.4) is 0 Å². The number of nitrogens with one attached hydrogen (secondary N) is 1. The lowest BCUT2D eigenvalue weighted by Crippen LogP contribution is -2.46. The van der Waals surface area contributed by atoms with Crippen molar-refractivity contribution in [1.29, 1.82) is 0 Å². The molecule has 25 heavy (non-hydrogen) atoms. The Kier molecular flexibility index (Phi) is 4.76. The van der Waals surface area contributed by atoms with Gasteiger partial charge in [-0.2, -0.15) is 0 Å². The summed E-state index contributed by atoms with van der Waals surface area (Å²) in [5.41, 5.74) is 0.727. The molecule has 2 heterocycles. The highest BCUT2D eigenvalue weighted by Gasteiger charge is 2.39. The Labute approximate surface area is 147 Å². The summed E-state index contributed by atoms with van der Waals surface area (Å²) in [4.78, 5) is 16.4. The van der Waals surface area contributed by atoms with E-state index in [9.17, 15) is 13.2 Å². The van der Waals surface area contributed by atoms with E-state index in [1.165, 1.54) is 0 Å². The van der Waals surface area contributed by atoms with E-state index in [2.05, 4.69) is 10.3 Å². The third-order valence-corrected chi connectivity index (χ3v) is 6.07. The van der Waals surface area contributed by atoms with Crippen LogP contribution in [-0.4, -0.2) is 36.4 Å². The molecule has 1 aromatic heterocycles. The zero-order valence-electron chi connectivity index (χ0n) is 13.9. The summed E-state index contributed by atoms with van der Waals surface area (Å²) in [6.45, 7) is 2.16. The van der Waals surface area contributed by atoms with Crippen LogP contribution >= 0.6 is 0 Å². The van der Waals surface area contributed by atoms with Crippen LogP contribution in [0.15, 0.2) is 48.8 Å². The van der Waals surface area contributed by atoms with Crippen molar-refractivity contribution in [1.82, 2.24) is 10.3 Å². The van der Waals surface area contributed by atoms with Gasteiger partial charge in [0.15, 0.2) is 9.84 Å². The van der Waals surface area contributed by atoms with Gasteiger partial charge in [0.2, 0.25) is 0 Å². The number of hydrogen-bond donors (Lipinski definition) is 1. The molecule has 6 nitrogen and oxygen atoms in total. The van der Waals surface area contributed by atoms with Gasteiger partial charge in [-0.05, 0) is 43.7 Å². The Hall–Kier alpha value is -2.41. The van der Waals surface area contributed by atoms with Crippen LogP contribution in [-0.2, 0) is 16.4 Å². The molecule has 1 amide bonds. The van der Waals surface area contributed by atoms with Gasteiger partial charge in [-0.15, -0.1) is 0 Å². The van der Waals surface area contributed by atoms with E-state index in [0.29, 0.717) is 24.3 Å². The van der Waals surface area contributed by atoms with E-state index in [1.54, 1.807) is 43.6 Å². The topological polar surface area (TPSA) is 85.4 Å². The number of amides is 1. The number of aromatic nitrogens is 1. The second-order valence-corrected chi connectivity index (χ2v) is 8.72. The maximum absolute atomic E-state index is 12.4. The molecule has 1 aliphatic heterocycles. The Balaban J connectivity index is 1.59. The normalized spacial score (nSPS) is 21.6. The van der Waals surface area contributed by atoms with E-state index in [-0.39, 0.29) is 17.4 Å². The van der Waals surface area contributed by atoms with Crippen molar-refractivity contribution in [2.45, 2.75) is 25.5 Å². The molecule has 0 bridgehead atoms. The minimum atomic E-state index is -3.06. The SMILES string of the molecule is C[C@]1(NC(=O)c2ccc(OCc3cccnc3)cc2)CCS(=O)(=O)C1. The first-order chi connectivity index (χ1) is 11.9. The van der Waals surface area contributed by atoms with Gasteiger partial charge in [-0.1, -0.05) is 6.07 Å². The summed E-state index contributed by atoms with van der Waals surface area (Å²) in [6, 6.07) is 10.5. The van der Waals surface area contributed by atoms with Crippen LogP contribution in [0, 0.1) is 0 Å². The molecule has 0 radical (unpaired) electrons. The van der Waals surface area contributed by atoms with E-state index >= 15 is 0 Å². The van der Waals surface area contributed by atoms with Crippen molar-refractivity contribution in [3.8, 4) is 5.75 Å². The van der Waals surface area contributed by atoms with Crippen molar-refractivity contribution in [2.24, 2.45) is 0 Å². The lowest BCUT2D eigenvalue weighted by atomic mass is 10.0. The average Bonchev–Trinajstić information content (AvgIpc) is 2.87. The maximum Gasteiger partial charge on any atom is 0.251 e. The highest BCUT2D eigenvalue weighted by molar-refractivity contribution is 7.91. The Morgan fingerprint density at radius 3 is 2.64 bits per heavy atom. The fourth-order valence-corrected chi connectivity index (χ4v) is 4.90. The van der Waals surface area contributed by atoms with Gasteiger partial charge in [-0.25, -0.2) is 8.42 Å². The van der Waals surface area contributed by atoms with Gasteiger partial charge in [-0.3, -0.25) is 9.78 Å². The number of benzene rings is 1. The Morgan fingerprint density at radius 1 is 1.28 bits per heavy atom. The number of carbonyl (C=O) groups is 1. The molecule has 0 unspecified atom stereocenters. The highest BCUT2D eigenvalue weighted by Crippen LogP contribution is 2.23. The van der Waals surface area contributed by atoms with Crippen LogP contribution in [0.5, 0.6) is 5.75 Å². The van der Waals surface area contributed by atoms with Gasteiger partial charge in [0.05, 0.1) is 17.0 Å². The first kappa shape index (κ1) is 17.4. The molecule has 0 aliphatic carbocycles. The minimum absolute atomic E-state index is 0.0158. The predicted molar refractivity (Wildman–Crippen MR) is 94.2 cm³/mol. The number of ether oxygens (including phenoxy) is 1. The van der Waals surface area contributed by atoms with Crippen LogP contribution in [0.4, 0.5) is 0 Å². The van der Waals surface area contributed by atoms with Gasteiger partial charge in [0, 0.05) is 23.5 Å². The van der Waals surface area contributed by atoms with Crippen molar-refractivity contribution >= 4 is 15.7 Å². The van der Waals surface area contributed by atoms with E-state index < -0.39 is 15.4 Å². The zero-order chi connectivity index (χ0) is 17.9. The summed E-state index contributed by atoms with van der Waals surface area (Å²) < 4.78 is 28.9. The van der Waals surface area contributed by atoms with E-state index in [4.69, 9.17) is 4.74 Å². The molecule has 2 aromatic rings. The Bertz CT molecular complexity index is 850. The van der Waals surface area contributed by atoms with Crippen molar-refractivity contribution in [3.63, 3.8) is 0 Å². The number of sulfone groups is 1. The molecular weight excluding hydrogens is 340 g/mol. The summed E-state index contributed by atoms with van der Waals surface area (Å²) in [5.74, 6) is 0.469. The number of rotatable bonds is 5. The van der Waals surface area contributed by atoms with Crippen molar-refractivity contribution in [3.05, 3.63) is 59.9 Å². The molecule has 0 saturated carbocycles. The molecule has 1 aromatic carbocycles. The van der Waals surface area contributed by atoms with Crippen LogP contribution in [0.25, 0.3) is 0 Å². The molecule has 1 atom stereocenters.